The minimum absolute atomic E-state index is 0.151. The zero-order chi connectivity index (χ0) is 25.6. The number of amides is 1. The lowest BCUT2D eigenvalue weighted by Gasteiger charge is -2.13. The van der Waals surface area contributed by atoms with Gasteiger partial charge in [-0.1, -0.05) is 91.0 Å². The molecular formula is C31H22N2O4. The summed E-state index contributed by atoms with van der Waals surface area (Å²) in [5.74, 6) is -1.41. The maximum atomic E-state index is 13.5. The summed E-state index contributed by atoms with van der Waals surface area (Å²) in [5.41, 5.74) is 3.54. The van der Waals surface area contributed by atoms with E-state index in [0.29, 0.717) is 27.7 Å². The number of pyridine rings is 1. The number of para-hydroxylation sites is 2. The zero-order valence-corrected chi connectivity index (χ0v) is 19.8. The molecule has 0 saturated heterocycles. The van der Waals surface area contributed by atoms with Gasteiger partial charge in [0.15, 0.2) is 12.4 Å². The molecule has 6 heteroatoms. The van der Waals surface area contributed by atoms with Crippen LogP contribution in [0.3, 0.4) is 0 Å². The first-order valence-electron chi connectivity index (χ1n) is 11.7. The van der Waals surface area contributed by atoms with Crippen molar-refractivity contribution in [3.63, 3.8) is 0 Å². The number of ether oxygens (including phenoxy) is 1. The number of esters is 1. The molecule has 1 N–H and O–H groups in total. The predicted octanol–water partition coefficient (Wildman–Crippen LogP) is 6.19. The van der Waals surface area contributed by atoms with E-state index in [1.54, 1.807) is 60.7 Å². The first-order valence-corrected chi connectivity index (χ1v) is 11.7. The molecule has 4 aromatic carbocycles. The molecule has 5 rings (SSSR count). The summed E-state index contributed by atoms with van der Waals surface area (Å²) >= 11 is 0. The quantitative estimate of drug-likeness (QED) is 0.219. The summed E-state index contributed by atoms with van der Waals surface area (Å²) in [5, 5.41) is 3.53. The van der Waals surface area contributed by atoms with Gasteiger partial charge in [-0.15, -0.1) is 0 Å². The van der Waals surface area contributed by atoms with Gasteiger partial charge in [-0.2, -0.15) is 0 Å². The number of aromatic nitrogens is 1. The van der Waals surface area contributed by atoms with E-state index in [4.69, 9.17) is 9.72 Å². The molecule has 1 heterocycles. The third-order valence-corrected chi connectivity index (χ3v) is 5.86. The molecule has 0 aliphatic heterocycles. The van der Waals surface area contributed by atoms with Crippen LogP contribution in [0.4, 0.5) is 5.69 Å². The maximum absolute atomic E-state index is 13.5. The molecule has 0 bridgehead atoms. The molecule has 6 nitrogen and oxygen atoms in total. The lowest BCUT2D eigenvalue weighted by Crippen LogP contribution is -2.18. The van der Waals surface area contributed by atoms with Crippen molar-refractivity contribution in [1.82, 2.24) is 4.98 Å². The number of anilines is 1. The summed E-state index contributed by atoms with van der Waals surface area (Å²) in [4.78, 5) is 43.4. The monoisotopic (exact) mass is 486 g/mol. The van der Waals surface area contributed by atoms with Crippen LogP contribution < -0.4 is 5.32 Å². The minimum atomic E-state index is -0.704. The van der Waals surface area contributed by atoms with Gasteiger partial charge in [0, 0.05) is 16.5 Å². The summed E-state index contributed by atoms with van der Waals surface area (Å²) < 4.78 is 5.27. The number of ketones is 1. The highest BCUT2D eigenvalue weighted by Crippen LogP contribution is 2.26. The number of Topliss-reactive ketones (excluding diaryl/α,β-unsaturated/α-hetero) is 1. The van der Waals surface area contributed by atoms with Gasteiger partial charge in [-0.05, 0) is 24.3 Å². The van der Waals surface area contributed by atoms with Crippen molar-refractivity contribution in [2.75, 3.05) is 11.9 Å². The molecule has 1 aromatic heterocycles. The molecule has 0 fully saturated rings. The number of nitrogens with one attached hydrogen (secondary N) is 1. The smallest absolute Gasteiger partial charge is 0.340 e. The van der Waals surface area contributed by atoms with Crippen molar-refractivity contribution < 1.29 is 19.1 Å². The fourth-order valence-electron chi connectivity index (χ4n) is 4.00. The largest absolute Gasteiger partial charge is 0.454 e. The van der Waals surface area contributed by atoms with Crippen LogP contribution in [0.1, 0.15) is 31.1 Å². The third-order valence-electron chi connectivity index (χ3n) is 5.86. The molecule has 0 unspecified atom stereocenters. The van der Waals surface area contributed by atoms with E-state index < -0.39 is 18.5 Å². The van der Waals surface area contributed by atoms with Crippen LogP contribution in [0.5, 0.6) is 0 Å². The highest BCUT2D eigenvalue weighted by Gasteiger charge is 2.19. The molecular weight excluding hydrogens is 464 g/mol. The fraction of sp³-hybridized carbons (Fsp3) is 0.0323. The second kappa shape index (κ2) is 10.7. The third kappa shape index (κ3) is 5.28. The summed E-state index contributed by atoms with van der Waals surface area (Å²) in [6, 6.07) is 33.9. The van der Waals surface area contributed by atoms with Crippen LogP contribution >= 0.6 is 0 Å². The van der Waals surface area contributed by atoms with Gasteiger partial charge in [-0.25, -0.2) is 9.78 Å². The van der Waals surface area contributed by atoms with Gasteiger partial charge in [-0.3, -0.25) is 9.59 Å². The summed E-state index contributed by atoms with van der Waals surface area (Å²) in [7, 11) is 0. The first kappa shape index (κ1) is 23.6. The van der Waals surface area contributed by atoms with Crippen LogP contribution in [-0.2, 0) is 4.74 Å². The Morgan fingerprint density at radius 3 is 2.14 bits per heavy atom. The van der Waals surface area contributed by atoms with Gasteiger partial charge in [0.1, 0.15) is 0 Å². The second-order valence-electron chi connectivity index (χ2n) is 8.30. The second-order valence-corrected chi connectivity index (χ2v) is 8.30. The lowest BCUT2D eigenvalue weighted by molar-refractivity contribution is 0.0475. The molecule has 0 saturated carbocycles. The van der Waals surface area contributed by atoms with E-state index >= 15 is 0 Å². The van der Waals surface area contributed by atoms with E-state index in [-0.39, 0.29) is 17.0 Å². The Labute approximate surface area is 213 Å². The molecule has 180 valence electrons. The van der Waals surface area contributed by atoms with E-state index in [2.05, 4.69) is 5.32 Å². The van der Waals surface area contributed by atoms with E-state index in [1.807, 2.05) is 54.6 Å². The average molecular weight is 487 g/mol. The fourth-order valence-corrected chi connectivity index (χ4v) is 4.00. The van der Waals surface area contributed by atoms with Crippen LogP contribution in [-0.4, -0.2) is 29.3 Å². The Morgan fingerprint density at radius 1 is 0.703 bits per heavy atom. The molecule has 0 aliphatic rings. The van der Waals surface area contributed by atoms with Crippen molar-refractivity contribution in [2.24, 2.45) is 0 Å². The summed E-state index contributed by atoms with van der Waals surface area (Å²) in [6.45, 7) is -0.402. The number of nitrogens with zero attached hydrogens (tertiary/aromatic N) is 1. The van der Waals surface area contributed by atoms with E-state index in [1.165, 1.54) is 0 Å². The number of hydrogen-bond acceptors (Lipinski definition) is 5. The Bertz CT molecular complexity index is 1600. The Hall–Kier alpha value is -5.10. The first-order chi connectivity index (χ1) is 18.1. The molecule has 1 amide bonds. The summed E-state index contributed by atoms with van der Waals surface area (Å²) in [6.07, 6.45) is 0. The highest BCUT2D eigenvalue weighted by atomic mass is 16.5. The minimum Gasteiger partial charge on any atom is -0.454 e. The van der Waals surface area contributed by atoms with Crippen LogP contribution in [0.25, 0.3) is 22.2 Å². The Kier molecular flexibility index (Phi) is 6.81. The van der Waals surface area contributed by atoms with Gasteiger partial charge < -0.3 is 10.1 Å². The molecule has 0 spiro atoms. The van der Waals surface area contributed by atoms with Gasteiger partial charge in [0.05, 0.1) is 28.0 Å². The molecule has 0 atom stereocenters. The van der Waals surface area contributed by atoms with Crippen LogP contribution in [0, 0.1) is 0 Å². The molecule has 5 aromatic rings. The zero-order valence-electron chi connectivity index (χ0n) is 19.8. The van der Waals surface area contributed by atoms with Crippen molar-refractivity contribution in [3.8, 4) is 11.3 Å². The lowest BCUT2D eigenvalue weighted by atomic mass is 10.0. The number of benzene rings is 4. The van der Waals surface area contributed by atoms with Gasteiger partial charge >= 0.3 is 5.97 Å². The van der Waals surface area contributed by atoms with Gasteiger partial charge in [0.2, 0.25) is 0 Å². The van der Waals surface area contributed by atoms with Gasteiger partial charge in [0.25, 0.3) is 5.91 Å². The van der Waals surface area contributed by atoms with Crippen molar-refractivity contribution in [3.05, 3.63) is 132 Å². The topological polar surface area (TPSA) is 85.4 Å². The molecule has 0 aliphatic carbocycles. The van der Waals surface area contributed by atoms with Crippen molar-refractivity contribution in [2.45, 2.75) is 0 Å². The van der Waals surface area contributed by atoms with Crippen molar-refractivity contribution in [1.29, 1.82) is 0 Å². The number of carbonyl (C=O) groups excluding carboxylic acids is 3. The average Bonchev–Trinajstić information content (AvgIpc) is 2.96. The molecule has 37 heavy (non-hydrogen) atoms. The van der Waals surface area contributed by atoms with Crippen LogP contribution in [0.15, 0.2) is 115 Å². The Balaban J connectivity index is 1.41. The normalized spacial score (nSPS) is 10.6. The number of hydrogen-bond donors (Lipinski definition) is 1. The standard InChI is InChI=1S/C31H22N2O4/c34-29(22-13-5-2-6-14-22)20-37-31(36)24-16-8-10-18-27(24)33-30(35)25-19-28(21-11-3-1-4-12-21)32-26-17-9-7-15-23(25)26/h1-19H,20H2,(H,33,35). The maximum Gasteiger partial charge on any atom is 0.340 e. The molecule has 0 radical (unpaired) electrons. The van der Waals surface area contributed by atoms with Crippen LogP contribution in [0.2, 0.25) is 0 Å². The van der Waals surface area contributed by atoms with E-state index in [0.717, 1.165) is 5.56 Å². The van der Waals surface area contributed by atoms with E-state index in [9.17, 15) is 14.4 Å². The Morgan fingerprint density at radius 2 is 1.35 bits per heavy atom. The number of carbonyl (C=O) groups is 3. The SMILES string of the molecule is O=C(COC(=O)c1ccccc1NC(=O)c1cc(-c2ccccc2)nc2ccccc12)c1ccccc1. The number of fused-ring (bicyclic) bond motifs is 1. The highest BCUT2D eigenvalue weighted by molar-refractivity contribution is 6.14. The number of rotatable bonds is 7. The van der Waals surface area contributed by atoms with Crippen molar-refractivity contribution >= 4 is 34.3 Å². The predicted molar refractivity (Wildman–Crippen MR) is 143 cm³/mol.